The molecule has 0 radical (unpaired) electrons. The van der Waals surface area contributed by atoms with Gasteiger partial charge in [-0.3, -0.25) is 0 Å². The maximum absolute atomic E-state index is 6.12. The zero-order valence-corrected chi connectivity index (χ0v) is 13.1. The van der Waals surface area contributed by atoms with Gasteiger partial charge in [-0.15, -0.1) is 0 Å². The Labute approximate surface area is 125 Å². The highest BCUT2D eigenvalue weighted by molar-refractivity contribution is 5.14. The first-order valence-electron chi connectivity index (χ1n) is 8.33. The Bertz CT molecular complexity index is 310. The summed E-state index contributed by atoms with van der Waals surface area (Å²) in [6.07, 6.45) is 9.95. The lowest BCUT2D eigenvalue weighted by atomic mass is 10.1. The molecule has 1 atom stereocenters. The number of hydrogen-bond acceptors (Lipinski definition) is 2. The molecule has 0 amide bonds. The summed E-state index contributed by atoms with van der Waals surface area (Å²) in [6, 6.07) is 11.1. The molecular formula is C18H32N2. The van der Waals surface area contributed by atoms with Crippen LogP contribution in [0.1, 0.15) is 57.4 Å². The molecule has 0 fully saturated rings. The number of nitrogens with one attached hydrogen (secondary N) is 1. The van der Waals surface area contributed by atoms with Crippen LogP contribution in [0.15, 0.2) is 30.3 Å². The van der Waals surface area contributed by atoms with Crippen LogP contribution in [0, 0.1) is 0 Å². The van der Waals surface area contributed by atoms with Crippen LogP contribution in [0.2, 0.25) is 0 Å². The average molecular weight is 276 g/mol. The van der Waals surface area contributed by atoms with Crippen molar-refractivity contribution in [2.24, 2.45) is 5.73 Å². The van der Waals surface area contributed by atoms with Gasteiger partial charge >= 0.3 is 0 Å². The van der Waals surface area contributed by atoms with Crippen LogP contribution in [0.3, 0.4) is 0 Å². The van der Waals surface area contributed by atoms with Crippen molar-refractivity contribution in [2.45, 2.75) is 64.3 Å². The van der Waals surface area contributed by atoms with Crippen LogP contribution in [-0.2, 0) is 6.42 Å². The minimum absolute atomic E-state index is 0.383. The second kappa shape index (κ2) is 11.9. The molecule has 0 bridgehead atoms. The van der Waals surface area contributed by atoms with Gasteiger partial charge in [0.25, 0.3) is 0 Å². The first kappa shape index (κ1) is 17.2. The molecule has 0 aliphatic rings. The molecule has 0 saturated heterocycles. The molecule has 2 nitrogen and oxygen atoms in total. The summed E-state index contributed by atoms with van der Waals surface area (Å²) < 4.78 is 0. The number of hydrogen-bond donors (Lipinski definition) is 2. The molecule has 114 valence electrons. The van der Waals surface area contributed by atoms with Gasteiger partial charge in [0.05, 0.1) is 0 Å². The summed E-state index contributed by atoms with van der Waals surface area (Å²) in [5.74, 6) is 0. The minimum atomic E-state index is 0.383. The Morgan fingerprint density at radius 3 is 2.50 bits per heavy atom. The Morgan fingerprint density at radius 1 is 0.950 bits per heavy atom. The fourth-order valence-electron chi connectivity index (χ4n) is 2.45. The minimum Gasteiger partial charge on any atom is -0.328 e. The number of benzene rings is 1. The fraction of sp³-hybridized carbons (Fsp3) is 0.667. The topological polar surface area (TPSA) is 38.0 Å². The van der Waals surface area contributed by atoms with E-state index in [4.69, 9.17) is 5.73 Å². The molecule has 1 aromatic carbocycles. The highest BCUT2D eigenvalue weighted by Gasteiger charge is 2.01. The molecule has 20 heavy (non-hydrogen) atoms. The Hall–Kier alpha value is -0.860. The van der Waals surface area contributed by atoms with Gasteiger partial charge in [-0.2, -0.15) is 0 Å². The summed E-state index contributed by atoms with van der Waals surface area (Å²) in [4.78, 5) is 0. The van der Waals surface area contributed by atoms with Crippen LogP contribution >= 0.6 is 0 Å². The quantitative estimate of drug-likeness (QED) is 0.568. The van der Waals surface area contributed by atoms with E-state index in [1.807, 2.05) is 0 Å². The van der Waals surface area contributed by atoms with Gasteiger partial charge in [-0.1, -0.05) is 62.9 Å². The van der Waals surface area contributed by atoms with Crippen molar-refractivity contribution in [1.82, 2.24) is 5.32 Å². The smallest absolute Gasteiger partial charge is 0.00509 e. The van der Waals surface area contributed by atoms with E-state index in [2.05, 4.69) is 42.6 Å². The monoisotopic (exact) mass is 276 g/mol. The summed E-state index contributed by atoms with van der Waals surface area (Å²) in [6.45, 7) is 4.40. The van der Waals surface area contributed by atoms with Crippen molar-refractivity contribution in [3.8, 4) is 0 Å². The van der Waals surface area contributed by atoms with Crippen molar-refractivity contribution in [1.29, 1.82) is 0 Å². The molecule has 0 aromatic heterocycles. The zero-order chi connectivity index (χ0) is 14.5. The number of nitrogens with two attached hydrogens (primary N) is 1. The lowest BCUT2D eigenvalue weighted by Crippen LogP contribution is -2.27. The molecule has 1 unspecified atom stereocenters. The molecule has 0 saturated carbocycles. The first-order chi connectivity index (χ1) is 9.83. The molecule has 2 heteroatoms. The van der Waals surface area contributed by atoms with E-state index in [9.17, 15) is 0 Å². The third-order valence-electron chi connectivity index (χ3n) is 3.78. The Balaban J connectivity index is 1.89. The average Bonchev–Trinajstić information content (AvgIpc) is 2.48. The van der Waals surface area contributed by atoms with E-state index in [0.717, 1.165) is 25.9 Å². The third kappa shape index (κ3) is 9.11. The summed E-state index contributed by atoms with van der Waals surface area (Å²) in [5.41, 5.74) is 7.55. The zero-order valence-electron chi connectivity index (χ0n) is 13.1. The summed E-state index contributed by atoms with van der Waals surface area (Å²) >= 11 is 0. The van der Waals surface area contributed by atoms with E-state index in [1.165, 1.54) is 44.1 Å². The predicted molar refractivity (Wildman–Crippen MR) is 89.0 cm³/mol. The standard InChI is InChI=1S/C18H32N2/c1-2-3-4-8-13-18(19)14-16-20-15-9-12-17-10-6-5-7-11-17/h5-7,10-11,18,20H,2-4,8-9,12-16,19H2,1H3. The van der Waals surface area contributed by atoms with Gasteiger partial charge in [0.1, 0.15) is 0 Å². The van der Waals surface area contributed by atoms with Gasteiger partial charge in [0, 0.05) is 6.04 Å². The van der Waals surface area contributed by atoms with Crippen molar-refractivity contribution in [2.75, 3.05) is 13.1 Å². The van der Waals surface area contributed by atoms with Crippen molar-refractivity contribution in [3.63, 3.8) is 0 Å². The van der Waals surface area contributed by atoms with Crippen molar-refractivity contribution < 1.29 is 0 Å². The molecule has 0 spiro atoms. The lowest BCUT2D eigenvalue weighted by molar-refractivity contribution is 0.499. The van der Waals surface area contributed by atoms with E-state index in [1.54, 1.807) is 0 Å². The maximum Gasteiger partial charge on any atom is 0.00509 e. The van der Waals surface area contributed by atoms with Crippen LogP contribution in [-0.4, -0.2) is 19.1 Å². The van der Waals surface area contributed by atoms with E-state index in [-0.39, 0.29) is 0 Å². The van der Waals surface area contributed by atoms with Gasteiger partial charge in [0.15, 0.2) is 0 Å². The Morgan fingerprint density at radius 2 is 1.75 bits per heavy atom. The van der Waals surface area contributed by atoms with Gasteiger partial charge in [-0.05, 0) is 44.3 Å². The lowest BCUT2D eigenvalue weighted by Gasteiger charge is -2.12. The number of rotatable bonds is 12. The highest BCUT2D eigenvalue weighted by atomic mass is 14.8. The molecule has 1 rings (SSSR count). The fourth-order valence-corrected chi connectivity index (χ4v) is 2.45. The molecule has 1 aromatic rings. The third-order valence-corrected chi connectivity index (χ3v) is 3.78. The van der Waals surface area contributed by atoms with Gasteiger partial charge in [0.2, 0.25) is 0 Å². The molecule has 0 aliphatic heterocycles. The van der Waals surface area contributed by atoms with Crippen LogP contribution in [0.25, 0.3) is 0 Å². The van der Waals surface area contributed by atoms with Gasteiger partial charge in [-0.25, -0.2) is 0 Å². The van der Waals surface area contributed by atoms with Crippen LogP contribution in [0.4, 0.5) is 0 Å². The van der Waals surface area contributed by atoms with E-state index in [0.29, 0.717) is 6.04 Å². The van der Waals surface area contributed by atoms with Crippen molar-refractivity contribution >= 4 is 0 Å². The van der Waals surface area contributed by atoms with Crippen molar-refractivity contribution in [3.05, 3.63) is 35.9 Å². The molecular weight excluding hydrogens is 244 g/mol. The molecule has 0 aliphatic carbocycles. The van der Waals surface area contributed by atoms with Gasteiger partial charge < -0.3 is 11.1 Å². The second-order valence-electron chi connectivity index (χ2n) is 5.74. The predicted octanol–water partition coefficient (Wildman–Crippen LogP) is 3.90. The number of aryl methyl sites for hydroxylation is 1. The largest absolute Gasteiger partial charge is 0.328 e. The van der Waals surface area contributed by atoms with E-state index >= 15 is 0 Å². The summed E-state index contributed by atoms with van der Waals surface area (Å²) in [7, 11) is 0. The summed E-state index contributed by atoms with van der Waals surface area (Å²) in [5, 5.41) is 3.51. The number of unbranched alkanes of at least 4 members (excludes halogenated alkanes) is 3. The van der Waals surface area contributed by atoms with Crippen LogP contribution < -0.4 is 11.1 Å². The molecule has 0 heterocycles. The SMILES string of the molecule is CCCCCCC(N)CCNCCCc1ccccc1. The van der Waals surface area contributed by atoms with E-state index < -0.39 is 0 Å². The highest BCUT2D eigenvalue weighted by Crippen LogP contribution is 2.06. The maximum atomic E-state index is 6.12. The molecule has 3 N–H and O–H groups in total. The van der Waals surface area contributed by atoms with Crippen LogP contribution in [0.5, 0.6) is 0 Å². The first-order valence-corrected chi connectivity index (χ1v) is 8.33. The second-order valence-corrected chi connectivity index (χ2v) is 5.74. The Kier molecular flexibility index (Phi) is 10.3. The normalized spacial score (nSPS) is 12.5.